The molecule has 0 aromatic rings. The molecule has 0 N–H and O–H groups in total. The normalized spacial score (nSPS) is 36.2. The fraction of sp³-hybridized carbons (Fsp3) is 1.00. The number of hydrogen-bond donors (Lipinski definition) is 0. The maximum absolute atomic E-state index is 2.55. The molecule has 0 aromatic heterocycles. The lowest BCUT2D eigenvalue weighted by Crippen LogP contribution is -2.38. The van der Waals surface area contributed by atoms with E-state index in [9.17, 15) is 0 Å². The van der Waals surface area contributed by atoms with Crippen molar-refractivity contribution in [3.05, 3.63) is 0 Å². The molecule has 1 fully saturated rings. The van der Waals surface area contributed by atoms with Crippen LogP contribution >= 0.6 is 0 Å². The van der Waals surface area contributed by atoms with Gasteiger partial charge in [-0.15, -0.1) is 0 Å². The largest absolute Gasteiger partial charge is 0.0654 e. The summed E-state index contributed by atoms with van der Waals surface area (Å²) in [6.07, 6.45) is 8.60. The van der Waals surface area contributed by atoms with E-state index in [1.165, 1.54) is 38.5 Å². The second-order valence-electron chi connectivity index (χ2n) is 6.21. The molecule has 4 unspecified atom stereocenters. The average molecular weight is 210 g/mol. The molecular formula is C15H30. The molecule has 15 heavy (non-hydrogen) atoms. The standard InChI is InChI=1S/C15H30/c1-6-9-12(2)14(4)15(5)11-8-7-10-13(15)3/h12-14H,6-11H2,1-5H3. The first-order valence-electron chi connectivity index (χ1n) is 7.02. The quantitative estimate of drug-likeness (QED) is 0.592. The van der Waals surface area contributed by atoms with Crippen molar-refractivity contribution >= 4 is 0 Å². The Bertz CT molecular complexity index is 184. The van der Waals surface area contributed by atoms with Crippen LogP contribution < -0.4 is 0 Å². The first kappa shape index (κ1) is 13.1. The second-order valence-corrected chi connectivity index (χ2v) is 6.21. The van der Waals surface area contributed by atoms with Crippen molar-refractivity contribution in [3.8, 4) is 0 Å². The molecule has 0 heteroatoms. The van der Waals surface area contributed by atoms with E-state index in [0.29, 0.717) is 5.41 Å². The summed E-state index contributed by atoms with van der Waals surface area (Å²) < 4.78 is 0. The van der Waals surface area contributed by atoms with Crippen LogP contribution in [0.4, 0.5) is 0 Å². The zero-order valence-corrected chi connectivity index (χ0v) is 11.5. The topological polar surface area (TPSA) is 0 Å². The van der Waals surface area contributed by atoms with Crippen LogP contribution in [0.3, 0.4) is 0 Å². The minimum absolute atomic E-state index is 0.618. The third-order valence-corrected chi connectivity index (χ3v) is 5.37. The molecule has 1 saturated carbocycles. The van der Waals surface area contributed by atoms with Gasteiger partial charge in [0.15, 0.2) is 0 Å². The summed E-state index contributed by atoms with van der Waals surface area (Å²) in [4.78, 5) is 0. The average Bonchev–Trinajstić information content (AvgIpc) is 2.22. The zero-order chi connectivity index (χ0) is 11.5. The molecule has 1 aliphatic rings. The molecule has 0 aromatic carbocycles. The summed E-state index contributed by atoms with van der Waals surface area (Å²) in [5.74, 6) is 2.73. The van der Waals surface area contributed by atoms with Crippen molar-refractivity contribution in [1.29, 1.82) is 0 Å². The highest BCUT2D eigenvalue weighted by Gasteiger charge is 2.39. The highest BCUT2D eigenvalue weighted by atomic mass is 14.4. The summed E-state index contributed by atoms with van der Waals surface area (Å²) in [5.41, 5.74) is 0.618. The molecule has 1 aliphatic carbocycles. The van der Waals surface area contributed by atoms with Crippen molar-refractivity contribution in [3.63, 3.8) is 0 Å². The second kappa shape index (κ2) is 5.37. The van der Waals surface area contributed by atoms with Crippen molar-refractivity contribution in [2.24, 2.45) is 23.2 Å². The molecule has 1 rings (SSSR count). The van der Waals surface area contributed by atoms with Crippen LogP contribution in [-0.2, 0) is 0 Å². The Kier molecular flexibility index (Phi) is 4.67. The number of hydrogen-bond acceptors (Lipinski definition) is 0. The lowest BCUT2D eigenvalue weighted by atomic mass is 9.59. The summed E-state index contributed by atoms with van der Waals surface area (Å²) in [6, 6.07) is 0. The van der Waals surface area contributed by atoms with Crippen molar-refractivity contribution in [2.75, 3.05) is 0 Å². The van der Waals surface area contributed by atoms with E-state index in [2.05, 4.69) is 34.6 Å². The van der Waals surface area contributed by atoms with Crippen LogP contribution in [0, 0.1) is 23.2 Å². The third-order valence-electron chi connectivity index (χ3n) is 5.37. The summed E-state index contributed by atoms with van der Waals surface area (Å²) >= 11 is 0. The van der Waals surface area contributed by atoms with Gasteiger partial charge < -0.3 is 0 Å². The van der Waals surface area contributed by atoms with E-state index in [0.717, 1.165) is 17.8 Å². The smallest absolute Gasteiger partial charge is 0.0272 e. The van der Waals surface area contributed by atoms with Gasteiger partial charge in [-0.05, 0) is 29.6 Å². The van der Waals surface area contributed by atoms with Crippen molar-refractivity contribution < 1.29 is 0 Å². The van der Waals surface area contributed by atoms with Gasteiger partial charge in [-0.3, -0.25) is 0 Å². The van der Waals surface area contributed by atoms with E-state index in [4.69, 9.17) is 0 Å². The Labute approximate surface area is 96.8 Å². The Balaban J connectivity index is 2.65. The molecule has 0 aliphatic heterocycles. The Morgan fingerprint density at radius 3 is 2.47 bits per heavy atom. The lowest BCUT2D eigenvalue weighted by Gasteiger charge is -2.47. The van der Waals surface area contributed by atoms with E-state index in [-0.39, 0.29) is 0 Å². The van der Waals surface area contributed by atoms with E-state index >= 15 is 0 Å². The maximum atomic E-state index is 2.55. The SMILES string of the molecule is CCCC(C)C(C)C1(C)CCCCC1C. The third kappa shape index (κ3) is 2.77. The van der Waals surface area contributed by atoms with Gasteiger partial charge in [0, 0.05) is 0 Å². The molecule has 0 nitrogen and oxygen atoms in total. The maximum Gasteiger partial charge on any atom is -0.0272 e. The fourth-order valence-electron chi connectivity index (χ4n) is 3.56. The van der Waals surface area contributed by atoms with Crippen LogP contribution in [0.25, 0.3) is 0 Å². The van der Waals surface area contributed by atoms with Crippen LogP contribution in [0.5, 0.6) is 0 Å². The van der Waals surface area contributed by atoms with Crippen LogP contribution in [0.15, 0.2) is 0 Å². The summed E-state index contributed by atoms with van der Waals surface area (Å²) in [7, 11) is 0. The van der Waals surface area contributed by atoms with Crippen molar-refractivity contribution in [2.45, 2.75) is 73.1 Å². The van der Waals surface area contributed by atoms with Gasteiger partial charge in [-0.2, -0.15) is 0 Å². The van der Waals surface area contributed by atoms with Gasteiger partial charge in [-0.1, -0.05) is 66.7 Å². The summed E-state index contributed by atoms with van der Waals surface area (Å²) in [6.45, 7) is 12.3. The van der Waals surface area contributed by atoms with Crippen molar-refractivity contribution in [1.82, 2.24) is 0 Å². The monoisotopic (exact) mass is 210 g/mol. The highest BCUT2D eigenvalue weighted by Crippen LogP contribution is 2.49. The van der Waals surface area contributed by atoms with Gasteiger partial charge in [0.2, 0.25) is 0 Å². The molecule has 0 spiro atoms. The molecule has 0 bridgehead atoms. The van der Waals surface area contributed by atoms with Crippen LogP contribution in [0.2, 0.25) is 0 Å². The Hall–Kier alpha value is 0. The number of rotatable bonds is 4. The molecular weight excluding hydrogens is 180 g/mol. The molecule has 90 valence electrons. The van der Waals surface area contributed by atoms with Gasteiger partial charge >= 0.3 is 0 Å². The predicted molar refractivity (Wildman–Crippen MR) is 69.0 cm³/mol. The zero-order valence-electron chi connectivity index (χ0n) is 11.5. The lowest BCUT2D eigenvalue weighted by molar-refractivity contribution is 0.0315. The van der Waals surface area contributed by atoms with Gasteiger partial charge in [0.05, 0.1) is 0 Å². The Morgan fingerprint density at radius 1 is 1.27 bits per heavy atom. The first-order chi connectivity index (χ1) is 7.02. The molecule has 0 saturated heterocycles. The molecule has 0 radical (unpaired) electrons. The minimum Gasteiger partial charge on any atom is -0.0654 e. The van der Waals surface area contributed by atoms with Crippen LogP contribution in [-0.4, -0.2) is 0 Å². The first-order valence-corrected chi connectivity index (χ1v) is 7.02. The van der Waals surface area contributed by atoms with Crippen LogP contribution in [0.1, 0.15) is 73.1 Å². The van der Waals surface area contributed by atoms with Gasteiger partial charge in [0.1, 0.15) is 0 Å². The fourth-order valence-corrected chi connectivity index (χ4v) is 3.56. The molecule has 0 amide bonds. The van der Waals surface area contributed by atoms with E-state index < -0.39 is 0 Å². The highest BCUT2D eigenvalue weighted by molar-refractivity contribution is 4.89. The van der Waals surface area contributed by atoms with Gasteiger partial charge in [0.25, 0.3) is 0 Å². The predicted octanol–water partition coefficient (Wildman–Crippen LogP) is 5.28. The summed E-state index contributed by atoms with van der Waals surface area (Å²) in [5, 5.41) is 0. The Morgan fingerprint density at radius 2 is 1.93 bits per heavy atom. The molecule has 0 heterocycles. The van der Waals surface area contributed by atoms with Gasteiger partial charge in [-0.25, -0.2) is 0 Å². The van der Waals surface area contributed by atoms with E-state index in [1.807, 2.05) is 0 Å². The van der Waals surface area contributed by atoms with E-state index in [1.54, 1.807) is 0 Å². The minimum atomic E-state index is 0.618. The molecule has 4 atom stereocenters.